The summed E-state index contributed by atoms with van der Waals surface area (Å²) in [5, 5.41) is 14.5. The van der Waals surface area contributed by atoms with Crippen LogP contribution in [-0.2, 0) is 4.74 Å². The average molecular weight is 352 g/mol. The molecule has 0 aliphatic heterocycles. The van der Waals surface area contributed by atoms with Gasteiger partial charge < -0.3 is 15.4 Å². The summed E-state index contributed by atoms with van der Waals surface area (Å²) in [4.78, 5) is 23.6. The molecule has 0 heterocycles. The Bertz CT molecular complexity index is 647. The summed E-state index contributed by atoms with van der Waals surface area (Å²) < 4.78 is 5.14. The van der Waals surface area contributed by atoms with Crippen LogP contribution in [0, 0.1) is 17.2 Å². The molecule has 0 spiro atoms. The molecule has 0 aromatic heterocycles. The highest BCUT2D eigenvalue weighted by molar-refractivity contribution is 6.32. The maximum Gasteiger partial charge on any atom is 0.407 e. The van der Waals surface area contributed by atoms with Gasteiger partial charge in [0.05, 0.1) is 10.6 Å². The van der Waals surface area contributed by atoms with Gasteiger partial charge in [-0.2, -0.15) is 5.26 Å². The van der Waals surface area contributed by atoms with Crippen molar-refractivity contribution in [3.05, 3.63) is 34.3 Å². The molecule has 0 fully saturated rings. The highest BCUT2D eigenvalue weighted by Gasteiger charge is 2.16. The van der Waals surface area contributed by atoms with Crippen molar-refractivity contribution in [2.24, 2.45) is 5.92 Å². The molecule has 0 saturated carbocycles. The van der Waals surface area contributed by atoms with Crippen LogP contribution in [0.5, 0.6) is 0 Å². The average Bonchev–Trinajstić information content (AvgIpc) is 2.48. The minimum absolute atomic E-state index is 0.0234. The summed E-state index contributed by atoms with van der Waals surface area (Å²) in [5.74, 6) is -0.263. The third-order valence-electron chi connectivity index (χ3n) is 2.96. The fraction of sp³-hybridized carbons (Fsp3) is 0.471. The molecule has 1 aromatic rings. The third-order valence-corrected chi connectivity index (χ3v) is 3.27. The second-order valence-corrected chi connectivity index (χ2v) is 6.91. The predicted octanol–water partition coefficient (Wildman–Crippen LogP) is 3.10. The fourth-order valence-electron chi connectivity index (χ4n) is 1.76. The summed E-state index contributed by atoms with van der Waals surface area (Å²) in [6, 6.07) is 6.45. The summed E-state index contributed by atoms with van der Waals surface area (Å²) >= 11 is 5.91. The van der Waals surface area contributed by atoms with Crippen LogP contribution in [0.1, 0.15) is 43.6 Å². The molecule has 0 saturated heterocycles. The quantitative estimate of drug-likeness (QED) is 0.852. The van der Waals surface area contributed by atoms with Gasteiger partial charge >= 0.3 is 6.09 Å². The lowest BCUT2D eigenvalue weighted by molar-refractivity contribution is 0.0520. The molecule has 1 unspecified atom stereocenters. The normalized spacial score (nSPS) is 12.0. The standard InChI is InChI=1S/C17H22ClN3O3/c1-11(10-21-16(23)24-17(2,3)4)9-20-15(22)12-5-6-13(8-19)14(18)7-12/h5-7,11H,9-10H2,1-4H3,(H,20,22)(H,21,23). The molecule has 0 radical (unpaired) electrons. The Morgan fingerprint density at radius 3 is 2.46 bits per heavy atom. The number of ether oxygens (including phenoxy) is 1. The summed E-state index contributed by atoms with van der Waals surface area (Å²) in [7, 11) is 0. The van der Waals surface area contributed by atoms with Crippen LogP contribution in [0.25, 0.3) is 0 Å². The number of hydrogen-bond acceptors (Lipinski definition) is 4. The molecule has 1 atom stereocenters. The van der Waals surface area contributed by atoms with E-state index in [1.54, 1.807) is 26.8 Å². The minimum Gasteiger partial charge on any atom is -0.444 e. The number of carbonyl (C=O) groups excluding carboxylic acids is 2. The van der Waals surface area contributed by atoms with Crippen molar-refractivity contribution >= 4 is 23.6 Å². The van der Waals surface area contributed by atoms with Gasteiger partial charge in [0.25, 0.3) is 5.91 Å². The fourth-order valence-corrected chi connectivity index (χ4v) is 1.98. The van der Waals surface area contributed by atoms with Crippen LogP contribution in [0.15, 0.2) is 18.2 Å². The highest BCUT2D eigenvalue weighted by Crippen LogP contribution is 2.16. The van der Waals surface area contributed by atoms with Gasteiger partial charge in [-0.25, -0.2) is 4.79 Å². The van der Waals surface area contributed by atoms with Crippen molar-refractivity contribution in [2.75, 3.05) is 13.1 Å². The van der Waals surface area contributed by atoms with Gasteiger partial charge in [0.15, 0.2) is 0 Å². The van der Waals surface area contributed by atoms with E-state index in [0.717, 1.165) is 0 Å². The van der Waals surface area contributed by atoms with E-state index in [-0.39, 0.29) is 16.8 Å². The van der Waals surface area contributed by atoms with Gasteiger partial charge in [0, 0.05) is 18.7 Å². The highest BCUT2D eigenvalue weighted by atomic mass is 35.5. The Morgan fingerprint density at radius 2 is 1.92 bits per heavy atom. The Hall–Kier alpha value is -2.26. The molecule has 2 amide bonds. The zero-order chi connectivity index (χ0) is 18.3. The number of hydrogen-bond donors (Lipinski definition) is 2. The minimum atomic E-state index is -0.545. The van der Waals surface area contributed by atoms with Crippen molar-refractivity contribution in [3.8, 4) is 6.07 Å². The number of alkyl carbamates (subject to hydrolysis) is 1. The first-order valence-electron chi connectivity index (χ1n) is 7.57. The first-order chi connectivity index (χ1) is 11.1. The van der Waals surface area contributed by atoms with Crippen LogP contribution in [0.2, 0.25) is 5.02 Å². The lowest BCUT2D eigenvalue weighted by Crippen LogP contribution is -2.38. The third kappa shape index (κ3) is 6.88. The molecular weight excluding hydrogens is 330 g/mol. The van der Waals surface area contributed by atoms with E-state index in [1.807, 2.05) is 13.0 Å². The maximum atomic E-state index is 12.1. The van der Waals surface area contributed by atoms with E-state index in [4.69, 9.17) is 21.6 Å². The Kier molecular flexibility index (Phi) is 7.05. The van der Waals surface area contributed by atoms with Crippen LogP contribution < -0.4 is 10.6 Å². The van der Waals surface area contributed by atoms with Crippen LogP contribution in [0.3, 0.4) is 0 Å². The SMILES string of the molecule is CC(CNC(=O)OC(C)(C)C)CNC(=O)c1ccc(C#N)c(Cl)c1. The Labute approximate surface area is 147 Å². The molecule has 6 nitrogen and oxygen atoms in total. The number of benzene rings is 1. The van der Waals surface area contributed by atoms with Gasteiger partial charge in [-0.3, -0.25) is 4.79 Å². The number of nitriles is 1. The van der Waals surface area contributed by atoms with Crippen LogP contribution in [0.4, 0.5) is 4.79 Å². The van der Waals surface area contributed by atoms with Crippen LogP contribution >= 0.6 is 11.6 Å². The molecular formula is C17H22ClN3O3. The van der Waals surface area contributed by atoms with Gasteiger partial charge in [-0.15, -0.1) is 0 Å². The Morgan fingerprint density at radius 1 is 1.29 bits per heavy atom. The molecule has 1 aromatic carbocycles. The summed E-state index contributed by atoms with van der Waals surface area (Å²) in [6.45, 7) is 8.02. The molecule has 0 bridgehead atoms. The number of carbonyl (C=O) groups is 2. The van der Waals surface area contributed by atoms with Crippen molar-refractivity contribution in [2.45, 2.75) is 33.3 Å². The monoisotopic (exact) mass is 351 g/mol. The van der Waals surface area contributed by atoms with E-state index in [1.165, 1.54) is 12.1 Å². The lowest BCUT2D eigenvalue weighted by Gasteiger charge is -2.21. The van der Waals surface area contributed by atoms with Crippen molar-refractivity contribution in [1.29, 1.82) is 5.26 Å². The summed E-state index contributed by atoms with van der Waals surface area (Å²) in [6.07, 6.45) is -0.487. The molecule has 2 N–H and O–H groups in total. The first kappa shape index (κ1) is 19.8. The Balaban J connectivity index is 2.43. The van der Waals surface area contributed by atoms with Gasteiger partial charge in [-0.1, -0.05) is 18.5 Å². The van der Waals surface area contributed by atoms with Gasteiger partial charge in [-0.05, 0) is 44.9 Å². The van der Waals surface area contributed by atoms with Crippen LogP contribution in [-0.4, -0.2) is 30.7 Å². The van der Waals surface area contributed by atoms with Crippen molar-refractivity contribution in [3.63, 3.8) is 0 Å². The zero-order valence-electron chi connectivity index (χ0n) is 14.3. The number of nitrogens with one attached hydrogen (secondary N) is 2. The van der Waals surface area contributed by atoms with Gasteiger partial charge in [0.2, 0.25) is 0 Å². The zero-order valence-corrected chi connectivity index (χ0v) is 15.0. The molecule has 24 heavy (non-hydrogen) atoms. The van der Waals surface area contributed by atoms with E-state index in [2.05, 4.69) is 10.6 Å². The van der Waals surface area contributed by atoms with Crippen molar-refractivity contribution < 1.29 is 14.3 Å². The second-order valence-electron chi connectivity index (χ2n) is 6.50. The summed E-state index contributed by atoms with van der Waals surface area (Å²) in [5.41, 5.74) is 0.158. The van der Waals surface area contributed by atoms with E-state index in [0.29, 0.717) is 24.2 Å². The van der Waals surface area contributed by atoms with Gasteiger partial charge in [0.1, 0.15) is 11.7 Å². The predicted molar refractivity (Wildman–Crippen MR) is 91.9 cm³/mol. The van der Waals surface area contributed by atoms with Crippen molar-refractivity contribution in [1.82, 2.24) is 10.6 Å². The molecule has 1 rings (SSSR count). The van der Waals surface area contributed by atoms with E-state index < -0.39 is 11.7 Å². The first-order valence-corrected chi connectivity index (χ1v) is 7.95. The molecule has 0 aliphatic rings. The second kappa shape index (κ2) is 8.55. The smallest absolute Gasteiger partial charge is 0.407 e. The molecule has 7 heteroatoms. The number of rotatable bonds is 5. The number of halogens is 1. The van der Waals surface area contributed by atoms with E-state index in [9.17, 15) is 9.59 Å². The number of nitrogens with zero attached hydrogens (tertiary/aromatic N) is 1. The lowest BCUT2D eigenvalue weighted by atomic mass is 10.1. The topological polar surface area (TPSA) is 91.2 Å². The molecule has 0 aliphatic carbocycles. The molecule has 130 valence electrons. The largest absolute Gasteiger partial charge is 0.444 e. The van der Waals surface area contributed by atoms with E-state index >= 15 is 0 Å². The maximum absolute atomic E-state index is 12.1. The number of amides is 2.